The van der Waals surface area contributed by atoms with Crippen molar-refractivity contribution < 1.29 is 14.4 Å². The summed E-state index contributed by atoms with van der Waals surface area (Å²) in [5, 5.41) is 0. The van der Waals surface area contributed by atoms with Crippen LogP contribution in [0.2, 0.25) is 0 Å². The van der Waals surface area contributed by atoms with Crippen LogP contribution < -0.4 is 0 Å². The van der Waals surface area contributed by atoms with E-state index in [4.69, 9.17) is 34.8 Å². The van der Waals surface area contributed by atoms with Gasteiger partial charge in [-0.25, -0.2) is 0 Å². The molecule has 1 aliphatic heterocycles. The van der Waals surface area contributed by atoms with Gasteiger partial charge in [-0.1, -0.05) is 34.8 Å². The molecule has 0 unspecified atom stereocenters. The van der Waals surface area contributed by atoms with Crippen molar-refractivity contribution in [2.45, 2.75) is 16.6 Å². The van der Waals surface area contributed by atoms with Crippen molar-refractivity contribution in [1.82, 2.24) is 4.90 Å². The molecule has 78 valence electrons. The summed E-state index contributed by atoms with van der Waals surface area (Å²) >= 11 is 15.9. The predicted octanol–water partition coefficient (Wildman–Crippen LogP) is 1.07. The van der Waals surface area contributed by atoms with E-state index < -0.39 is 21.4 Å². The first-order valence-corrected chi connectivity index (χ1v) is 4.93. The quantitative estimate of drug-likeness (QED) is 0.482. The molecule has 1 saturated heterocycles. The van der Waals surface area contributed by atoms with Crippen LogP contribution in [-0.4, -0.2) is 32.8 Å². The van der Waals surface area contributed by atoms with Gasteiger partial charge in [-0.3, -0.25) is 19.3 Å². The number of halogens is 3. The average molecular weight is 258 g/mol. The summed E-state index contributed by atoms with van der Waals surface area (Å²) in [5.41, 5.74) is 0. The van der Waals surface area contributed by atoms with Gasteiger partial charge in [0, 0.05) is 13.0 Å². The summed E-state index contributed by atoms with van der Waals surface area (Å²) in [7, 11) is 0. The van der Waals surface area contributed by atoms with E-state index in [1.807, 2.05) is 0 Å². The lowest BCUT2D eigenvalue weighted by molar-refractivity contribution is -0.153. The first kappa shape index (κ1) is 11.8. The third-order valence-electron chi connectivity index (χ3n) is 1.76. The maximum Gasteiger partial charge on any atom is 0.296 e. The lowest BCUT2D eigenvalue weighted by atomic mass is 10.1. The zero-order chi connectivity index (χ0) is 10.9. The molecule has 1 aliphatic rings. The molecule has 7 heteroatoms. The third-order valence-corrected chi connectivity index (χ3v) is 2.24. The second kappa shape index (κ2) is 4.04. The first-order valence-electron chi connectivity index (χ1n) is 3.80. The number of piperidine rings is 1. The Bertz CT molecular complexity index is 297. The molecule has 0 aliphatic carbocycles. The molecular formula is C7H6Cl3NO3. The standard InChI is InChI=1S/C7H6Cl3NO3/c8-7(9,10)6(14)11-3-1-2-4(12)5(11)13/h1-3H2. The predicted molar refractivity (Wildman–Crippen MR) is 51.3 cm³/mol. The summed E-state index contributed by atoms with van der Waals surface area (Å²) in [5.74, 6) is -2.49. The van der Waals surface area contributed by atoms with Crippen molar-refractivity contribution in [3.8, 4) is 0 Å². The number of likely N-dealkylation sites (tertiary alicyclic amines) is 1. The Labute approximate surface area is 95.1 Å². The number of ketones is 1. The molecule has 1 fully saturated rings. The molecule has 2 amide bonds. The smallest absolute Gasteiger partial charge is 0.289 e. The molecule has 14 heavy (non-hydrogen) atoms. The highest BCUT2D eigenvalue weighted by molar-refractivity contribution is 6.76. The van der Waals surface area contributed by atoms with Gasteiger partial charge in [0.05, 0.1) is 0 Å². The van der Waals surface area contributed by atoms with Gasteiger partial charge in [0.15, 0.2) is 0 Å². The van der Waals surface area contributed by atoms with Gasteiger partial charge in [0.2, 0.25) is 5.78 Å². The van der Waals surface area contributed by atoms with E-state index in [2.05, 4.69) is 0 Å². The molecule has 0 atom stereocenters. The molecule has 4 nitrogen and oxygen atoms in total. The van der Waals surface area contributed by atoms with E-state index in [0.717, 1.165) is 0 Å². The van der Waals surface area contributed by atoms with E-state index in [1.54, 1.807) is 0 Å². The van der Waals surface area contributed by atoms with E-state index in [1.165, 1.54) is 0 Å². The summed E-state index contributed by atoms with van der Waals surface area (Å²) < 4.78 is -2.19. The van der Waals surface area contributed by atoms with E-state index >= 15 is 0 Å². The summed E-state index contributed by atoms with van der Waals surface area (Å²) in [4.78, 5) is 34.2. The Balaban J connectivity index is 2.83. The second-order valence-corrected chi connectivity index (χ2v) is 5.07. The maximum absolute atomic E-state index is 11.3. The van der Waals surface area contributed by atoms with Crippen LogP contribution in [0.5, 0.6) is 0 Å². The minimum Gasteiger partial charge on any atom is -0.289 e. The van der Waals surface area contributed by atoms with Crippen molar-refractivity contribution in [3.05, 3.63) is 0 Å². The molecule has 1 rings (SSSR count). The Morgan fingerprint density at radius 2 is 1.86 bits per heavy atom. The summed E-state index contributed by atoms with van der Waals surface area (Å²) in [6.45, 7) is 0.122. The topological polar surface area (TPSA) is 54.5 Å². The van der Waals surface area contributed by atoms with Crippen LogP contribution in [0, 0.1) is 0 Å². The van der Waals surface area contributed by atoms with E-state index in [-0.39, 0.29) is 13.0 Å². The number of hydrogen-bond donors (Lipinski definition) is 0. The van der Waals surface area contributed by atoms with Crippen molar-refractivity contribution in [2.24, 2.45) is 0 Å². The van der Waals surface area contributed by atoms with E-state index in [9.17, 15) is 14.4 Å². The van der Waals surface area contributed by atoms with Crippen molar-refractivity contribution in [1.29, 1.82) is 0 Å². The largest absolute Gasteiger partial charge is 0.296 e. The highest BCUT2D eigenvalue weighted by Crippen LogP contribution is 2.29. The number of imide groups is 1. The number of hydrogen-bond acceptors (Lipinski definition) is 3. The van der Waals surface area contributed by atoms with Crippen LogP contribution in [0.25, 0.3) is 0 Å². The number of Topliss-reactive ketones (excluding diaryl/α,β-unsaturated/α-hetero) is 1. The van der Waals surface area contributed by atoms with Crippen LogP contribution >= 0.6 is 34.8 Å². The Hall–Kier alpha value is -0.320. The monoisotopic (exact) mass is 257 g/mol. The first-order chi connectivity index (χ1) is 6.34. The molecule has 0 aromatic heterocycles. The molecule has 0 spiro atoms. The number of amides is 2. The number of rotatable bonds is 0. The molecule has 0 N–H and O–H groups in total. The molecule has 0 aromatic carbocycles. The van der Waals surface area contributed by atoms with Gasteiger partial charge in [-0.15, -0.1) is 0 Å². The second-order valence-electron chi connectivity index (χ2n) is 2.79. The Morgan fingerprint density at radius 1 is 1.29 bits per heavy atom. The van der Waals surface area contributed by atoms with Gasteiger partial charge in [-0.05, 0) is 6.42 Å². The molecule has 0 aromatic rings. The van der Waals surface area contributed by atoms with Crippen molar-refractivity contribution >= 4 is 52.4 Å². The highest BCUT2D eigenvalue weighted by atomic mass is 35.6. The molecule has 0 radical (unpaired) electrons. The van der Waals surface area contributed by atoms with Crippen molar-refractivity contribution in [2.75, 3.05) is 6.54 Å². The molecular weight excluding hydrogens is 252 g/mol. The van der Waals surface area contributed by atoms with Gasteiger partial charge in [0.1, 0.15) is 0 Å². The fraction of sp³-hybridized carbons (Fsp3) is 0.571. The lowest BCUT2D eigenvalue weighted by Gasteiger charge is -2.26. The SMILES string of the molecule is O=C1CCCN(C(=O)C(Cl)(Cl)Cl)C1=O. The van der Waals surface area contributed by atoms with Crippen molar-refractivity contribution in [3.63, 3.8) is 0 Å². The van der Waals surface area contributed by atoms with Crippen LogP contribution in [-0.2, 0) is 14.4 Å². The maximum atomic E-state index is 11.3. The normalized spacial score (nSPS) is 18.6. The summed E-state index contributed by atoms with van der Waals surface area (Å²) in [6, 6.07) is 0. The van der Waals surface area contributed by atoms with Gasteiger partial charge < -0.3 is 0 Å². The van der Waals surface area contributed by atoms with Gasteiger partial charge in [-0.2, -0.15) is 0 Å². The van der Waals surface area contributed by atoms with Crippen LogP contribution in [0.15, 0.2) is 0 Å². The molecule has 0 saturated carbocycles. The van der Waals surface area contributed by atoms with Gasteiger partial charge in [0.25, 0.3) is 15.6 Å². The third kappa shape index (κ3) is 2.38. The molecule has 1 heterocycles. The number of carbonyl (C=O) groups excluding carboxylic acids is 3. The Kier molecular flexibility index (Phi) is 3.40. The highest BCUT2D eigenvalue weighted by Gasteiger charge is 2.41. The minimum atomic E-state index is -2.19. The zero-order valence-electron chi connectivity index (χ0n) is 6.93. The number of nitrogens with zero attached hydrogens (tertiary/aromatic N) is 1. The fourth-order valence-corrected chi connectivity index (χ4v) is 1.41. The summed E-state index contributed by atoms with van der Waals surface area (Å²) in [6.07, 6.45) is 0.555. The minimum absolute atomic E-state index is 0.122. The average Bonchev–Trinajstić information content (AvgIpc) is 2.07. The Morgan fingerprint density at radius 3 is 2.36 bits per heavy atom. The van der Waals surface area contributed by atoms with Gasteiger partial charge >= 0.3 is 0 Å². The number of alkyl halides is 3. The van der Waals surface area contributed by atoms with Crippen LogP contribution in [0.3, 0.4) is 0 Å². The molecule has 0 bridgehead atoms. The van der Waals surface area contributed by atoms with Crippen LogP contribution in [0.4, 0.5) is 0 Å². The number of carbonyl (C=O) groups is 3. The van der Waals surface area contributed by atoms with E-state index in [0.29, 0.717) is 11.3 Å². The zero-order valence-corrected chi connectivity index (χ0v) is 9.19. The lowest BCUT2D eigenvalue weighted by Crippen LogP contribution is -2.49. The fourth-order valence-electron chi connectivity index (χ4n) is 1.10. The van der Waals surface area contributed by atoms with Crippen LogP contribution in [0.1, 0.15) is 12.8 Å².